The highest BCUT2D eigenvalue weighted by atomic mass is 16.4. The van der Waals surface area contributed by atoms with Crippen molar-refractivity contribution in [3.63, 3.8) is 0 Å². The zero-order valence-electron chi connectivity index (χ0n) is 7.57. The molecule has 0 amide bonds. The van der Waals surface area contributed by atoms with Crippen LogP contribution in [0.3, 0.4) is 0 Å². The summed E-state index contributed by atoms with van der Waals surface area (Å²) in [5, 5.41) is 8.79. The second-order valence-corrected chi connectivity index (χ2v) is 3.75. The Balaban J connectivity index is 1.96. The van der Waals surface area contributed by atoms with Crippen LogP contribution in [0.2, 0.25) is 0 Å². The molecule has 0 aromatic carbocycles. The molecule has 1 aliphatic carbocycles. The fourth-order valence-corrected chi connectivity index (χ4v) is 1.51. The van der Waals surface area contributed by atoms with Crippen LogP contribution in [0, 0.1) is 5.92 Å². The predicted molar refractivity (Wildman–Crippen MR) is 48.9 cm³/mol. The molecule has 1 fully saturated rings. The summed E-state index contributed by atoms with van der Waals surface area (Å²) in [5.41, 5.74) is 5.93. The highest BCUT2D eigenvalue weighted by Crippen LogP contribution is 2.36. The van der Waals surface area contributed by atoms with E-state index in [0.717, 1.165) is 18.1 Å². The Bertz CT molecular complexity index is 278. The maximum Gasteiger partial charge on any atom is 0.129 e. The van der Waals surface area contributed by atoms with E-state index in [0.29, 0.717) is 5.76 Å². The molecule has 1 saturated carbocycles. The molecule has 13 heavy (non-hydrogen) atoms. The van der Waals surface area contributed by atoms with Crippen molar-refractivity contribution in [2.75, 3.05) is 0 Å². The van der Waals surface area contributed by atoms with Gasteiger partial charge >= 0.3 is 0 Å². The molecule has 1 aliphatic rings. The van der Waals surface area contributed by atoms with Gasteiger partial charge < -0.3 is 15.3 Å². The van der Waals surface area contributed by atoms with Crippen LogP contribution in [-0.4, -0.2) is 5.11 Å². The molecule has 3 heteroatoms. The minimum atomic E-state index is -0.0455. The van der Waals surface area contributed by atoms with Crippen molar-refractivity contribution in [3.05, 3.63) is 23.7 Å². The molecule has 0 aliphatic heterocycles. The summed E-state index contributed by atoms with van der Waals surface area (Å²) in [4.78, 5) is 0. The quantitative estimate of drug-likeness (QED) is 0.741. The summed E-state index contributed by atoms with van der Waals surface area (Å²) >= 11 is 0. The lowest BCUT2D eigenvalue weighted by Crippen LogP contribution is -2.09. The van der Waals surface area contributed by atoms with Gasteiger partial charge in [0.05, 0.1) is 6.04 Å². The number of aliphatic hydroxyl groups excluding tert-OH is 1. The predicted octanol–water partition coefficient (Wildman–Crippen LogP) is 1.57. The third kappa shape index (κ3) is 2.11. The van der Waals surface area contributed by atoms with E-state index in [-0.39, 0.29) is 12.6 Å². The number of hydrogen-bond donors (Lipinski definition) is 2. The molecule has 3 N–H and O–H groups in total. The van der Waals surface area contributed by atoms with Crippen molar-refractivity contribution >= 4 is 0 Å². The summed E-state index contributed by atoms with van der Waals surface area (Å²) < 4.78 is 5.35. The lowest BCUT2D eigenvalue weighted by atomic mass is 10.1. The van der Waals surface area contributed by atoms with Crippen LogP contribution in [0.25, 0.3) is 0 Å². The Morgan fingerprint density at radius 1 is 1.54 bits per heavy atom. The molecular weight excluding hydrogens is 166 g/mol. The van der Waals surface area contributed by atoms with Gasteiger partial charge in [0.25, 0.3) is 0 Å². The Kier molecular flexibility index (Phi) is 2.38. The minimum Gasteiger partial charge on any atom is -0.462 e. The monoisotopic (exact) mass is 181 g/mol. The van der Waals surface area contributed by atoms with Gasteiger partial charge in [0.2, 0.25) is 0 Å². The molecule has 1 aromatic heterocycles. The SMILES string of the molecule is NC(CC1CC1)c1ccc(CO)o1. The third-order valence-electron chi connectivity index (χ3n) is 2.49. The fraction of sp³-hybridized carbons (Fsp3) is 0.600. The number of aliphatic hydroxyl groups is 1. The molecule has 1 heterocycles. The third-order valence-corrected chi connectivity index (χ3v) is 2.49. The van der Waals surface area contributed by atoms with Crippen molar-refractivity contribution in [3.8, 4) is 0 Å². The summed E-state index contributed by atoms with van der Waals surface area (Å²) in [6, 6.07) is 3.65. The second-order valence-electron chi connectivity index (χ2n) is 3.75. The first-order valence-corrected chi connectivity index (χ1v) is 4.74. The molecule has 1 unspecified atom stereocenters. The zero-order chi connectivity index (χ0) is 9.26. The maximum absolute atomic E-state index is 8.79. The Morgan fingerprint density at radius 3 is 2.85 bits per heavy atom. The lowest BCUT2D eigenvalue weighted by Gasteiger charge is -2.06. The molecular formula is C10H15NO2. The molecule has 0 saturated heterocycles. The molecule has 1 atom stereocenters. The number of hydrogen-bond acceptors (Lipinski definition) is 3. The van der Waals surface area contributed by atoms with Gasteiger partial charge in [-0.25, -0.2) is 0 Å². The minimum absolute atomic E-state index is 0.00722. The molecule has 3 nitrogen and oxygen atoms in total. The molecule has 72 valence electrons. The highest BCUT2D eigenvalue weighted by Gasteiger charge is 2.25. The van der Waals surface area contributed by atoms with Gasteiger partial charge in [-0.1, -0.05) is 12.8 Å². The molecule has 0 radical (unpaired) electrons. The first-order valence-electron chi connectivity index (χ1n) is 4.74. The first-order chi connectivity index (χ1) is 6.29. The van der Waals surface area contributed by atoms with Gasteiger partial charge in [-0.05, 0) is 24.5 Å². The maximum atomic E-state index is 8.79. The largest absolute Gasteiger partial charge is 0.462 e. The van der Waals surface area contributed by atoms with Crippen LogP contribution < -0.4 is 5.73 Å². The fourth-order valence-electron chi connectivity index (χ4n) is 1.51. The van der Waals surface area contributed by atoms with Crippen molar-refractivity contribution in [1.82, 2.24) is 0 Å². The number of nitrogens with two attached hydrogens (primary N) is 1. The van der Waals surface area contributed by atoms with E-state index in [1.165, 1.54) is 12.8 Å². The van der Waals surface area contributed by atoms with Crippen LogP contribution in [0.5, 0.6) is 0 Å². The van der Waals surface area contributed by atoms with Crippen molar-refractivity contribution < 1.29 is 9.52 Å². The van der Waals surface area contributed by atoms with Crippen molar-refractivity contribution in [2.24, 2.45) is 11.7 Å². The molecule has 0 bridgehead atoms. The normalized spacial score (nSPS) is 18.9. The smallest absolute Gasteiger partial charge is 0.129 e. The van der Waals surface area contributed by atoms with Gasteiger partial charge in [-0.15, -0.1) is 0 Å². The summed E-state index contributed by atoms with van der Waals surface area (Å²) in [6.45, 7) is -0.0455. The summed E-state index contributed by atoms with van der Waals surface area (Å²) in [7, 11) is 0. The first kappa shape index (κ1) is 8.78. The van der Waals surface area contributed by atoms with Gasteiger partial charge in [0.15, 0.2) is 0 Å². The summed E-state index contributed by atoms with van der Waals surface area (Å²) in [5.74, 6) is 2.20. The van der Waals surface area contributed by atoms with E-state index in [4.69, 9.17) is 15.3 Å². The van der Waals surface area contributed by atoms with E-state index in [9.17, 15) is 0 Å². The number of furan rings is 1. The van der Waals surface area contributed by atoms with Gasteiger partial charge in [-0.2, -0.15) is 0 Å². The van der Waals surface area contributed by atoms with E-state index in [2.05, 4.69) is 0 Å². The van der Waals surface area contributed by atoms with Gasteiger partial charge in [-0.3, -0.25) is 0 Å². The highest BCUT2D eigenvalue weighted by molar-refractivity contribution is 5.10. The van der Waals surface area contributed by atoms with E-state index < -0.39 is 0 Å². The van der Waals surface area contributed by atoms with Crippen molar-refractivity contribution in [1.29, 1.82) is 0 Å². The summed E-state index contributed by atoms with van der Waals surface area (Å²) in [6.07, 6.45) is 3.63. The van der Waals surface area contributed by atoms with E-state index >= 15 is 0 Å². The van der Waals surface area contributed by atoms with Crippen LogP contribution >= 0.6 is 0 Å². The molecule has 1 aromatic rings. The Hall–Kier alpha value is -0.800. The van der Waals surface area contributed by atoms with E-state index in [1.54, 1.807) is 6.07 Å². The van der Waals surface area contributed by atoms with Crippen LogP contribution in [-0.2, 0) is 6.61 Å². The van der Waals surface area contributed by atoms with Crippen LogP contribution in [0.4, 0.5) is 0 Å². The topological polar surface area (TPSA) is 59.4 Å². The van der Waals surface area contributed by atoms with Gasteiger partial charge in [0, 0.05) is 0 Å². The van der Waals surface area contributed by atoms with Gasteiger partial charge in [0.1, 0.15) is 18.1 Å². The molecule has 2 rings (SSSR count). The molecule has 0 spiro atoms. The Morgan fingerprint density at radius 2 is 2.31 bits per heavy atom. The van der Waals surface area contributed by atoms with Crippen molar-refractivity contribution in [2.45, 2.75) is 31.9 Å². The average Bonchev–Trinajstić information content (AvgIpc) is 2.82. The van der Waals surface area contributed by atoms with E-state index in [1.807, 2.05) is 6.07 Å². The average molecular weight is 181 g/mol. The van der Waals surface area contributed by atoms with Crippen LogP contribution in [0.1, 0.15) is 36.8 Å². The standard InChI is InChI=1S/C10H15NO2/c11-9(5-7-1-2-7)10-4-3-8(6-12)13-10/h3-4,7,9,12H,1-2,5-6,11H2. The van der Waals surface area contributed by atoms with Crippen LogP contribution in [0.15, 0.2) is 16.5 Å². The number of rotatable bonds is 4. The lowest BCUT2D eigenvalue weighted by molar-refractivity contribution is 0.240. The second kappa shape index (κ2) is 3.52. The zero-order valence-corrected chi connectivity index (χ0v) is 7.57. The Labute approximate surface area is 77.5 Å².